The summed E-state index contributed by atoms with van der Waals surface area (Å²) < 4.78 is 14.8. The molecule has 4 rings (SSSR count). The van der Waals surface area contributed by atoms with Crippen LogP contribution >= 0.6 is 0 Å². The first-order valence-electron chi connectivity index (χ1n) is 11.1. The summed E-state index contributed by atoms with van der Waals surface area (Å²) in [7, 11) is 6.22. The van der Waals surface area contributed by atoms with Gasteiger partial charge in [-0.15, -0.1) is 0 Å². The van der Waals surface area contributed by atoms with Crippen molar-refractivity contribution in [3.8, 4) is 22.6 Å². The molecule has 2 aromatic heterocycles. The number of fused-ring (bicyclic) bond motifs is 1. The van der Waals surface area contributed by atoms with E-state index in [-0.39, 0.29) is 12.3 Å². The number of aromatic nitrogens is 4. The van der Waals surface area contributed by atoms with Crippen LogP contribution in [0.3, 0.4) is 0 Å². The molecule has 1 N–H and O–H groups in total. The summed E-state index contributed by atoms with van der Waals surface area (Å²) in [5.74, 6) is 1.29. The van der Waals surface area contributed by atoms with Crippen molar-refractivity contribution in [1.82, 2.24) is 18.7 Å². The van der Waals surface area contributed by atoms with Gasteiger partial charge in [0, 0.05) is 38.3 Å². The van der Waals surface area contributed by atoms with E-state index in [0.29, 0.717) is 35.6 Å². The quantitative estimate of drug-likeness (QED) is 0.418. The minimum Gasteiger partial charge on any atom is -0.497 e. The third-order valence-corrected chi connectivity index (χ3v) is 5.90. The maximum Gasteiger partial charge on any atom is 0.332 e. The van der Waals surface area contributed by atoms with Gasteiger partial charge in [0.2, 0.25) is 5.91 Å². The lowest BCUT2D eigenvalue weighted by atomic mass is 10.0. The van der Waals surface area contributed by atoms with E-state index < -0.39 is 11.2 Å². The maximum absolute atomic E-state index is 12.6. The molecule has 0 atom stereocenters. The van der Waals surface area contributed by atoms with Crippen molar-refractivity contribution in [3.63, 3.8) is 0 Å². The second-order valence-corrected chi connectivity index (χ2v) is 8.11. The highest BCUT2D eigenvalue weighted by molar-refractivity contribution is 5.92. The molecule has 0 radical (unpaired) electrons. The van der Waals surface area contributed by atoms with Gasteiger partial charge in [-0.05, 0) is 42.3 Å². The first-order valence-corrected chi connectivity index (χ1v) is 11.1. The third kappa shape index (κ3) is 4.68. The molecule has 0 saturated carbocycles. The summed E-state index contributed by atoms with van der Waals surface area (Å²) in [5, 5.41) is 2.92. The highest BCUT2D eigenvalue weighted by atomic mass is 16.5. The summed E-state index contributed by atoms with van der Waals surface area (Å²) in [5.41, 5.74) is 2.26. The number of amides is 1. The van der Waals surface area contributed by atoms with E-state index in [0.717, 1.165) is 21.4 Å². The van der Waals surface area contributed by atoms with Gasteiger partial charge in [0.15, 0.2) is 11.2 Å². The predicted octanol–water partition coefficient (Wildman–Crippen LogP) is 2.54. The third-order valence-electron chi connectivity index (χ3n) is 5.90. The van der Waals surface area contributed by atoms with Gasteiger partial charge >= 0.3 is 5.69 Å². The number of imidazole rings is 1. The molecule has 10 heteroatoms. The van der Waals surface area contributed by atoms with Crippen LogP contribution < -0.4 is 26.0 Å². The van der Waals surface area contributed by atoms with Gasteiger partial charge in [0.1, 0.15) is 11.5 Å². The summed E-state index contributed by atoms with van der Waals surface area (Å²) >= 11 is 0. The van der Waals surface area contributed by atoms with Crippen LogP contribution in [0.5, 0.6) is 11.5 Å². The van der Waals surface area contributed by atoms with E-state index in [9.17, 15) is 14.4 Å². The molecule has 2 heterocycles. The second-order valence-electron chi connectivity index (χ2n) is 8.11. The number of carbonyl (C=O) groups excluding carboxylic acids is 1. The van der Waals surface area contributed by atoms with Gasteiger partial charge in [0.25, 0.3) is 5.56 Å². The number of aryl methyl sites for hydroxylation is 2. The summed E-state index contributed by atoms with van der Waals surface area (Å²) in [6.07, 6.45) is 2.26. The molecule has 0 unspecified atom stereocenters. The number of nitrogens with zero attached hydrogens (tertiary/aromatic N) is 4. The van der Waals surface area contributed by atoms with Crippen molar-refractivity contribution in [1.29, 1.82) is 0 Å². The van der Waals surface area contributed by atoms with E-state index in [1.165, 1.54) is 17.9 Å². The van der Waals surface area contributed by atoms with Gasteiger partial charge in [-0.25, -0.2) is 9.78 Å². The maximum atomic E-state index is 12.6. The highest BCUT2D eigenvalue weighted by Gasteiger charge is 2.15. The molecule has 0 aliphatic heterocycles. The largest absolute Gasteiger partial charge is 0.497 e. The van der Waals surface area contributed by atoms with E-state index in [2.05, 4.69) is 10.3 Å². The van der Waals surface area contributed by atoms with Crippen molar-refractivity contribution in [2.75, 3.05) is 19.5 Å². The molecule has 10 nitrogen and oxygen atoms in total. The number of hydrogen-bond acceptors (Lipinski definition) is 6. The Bertz CT molecular complexity index is 1500. The second kappa shape index (κ2) is 9.88. The lowest BCUT2D eigenvalue weighted by Gasteiger charge is -2.13. The lowest BCUT2D eigenvalue weighted by molar-refractivity contribution is -0.116. The Hall–Kier alpha value is -4.34. The summed E-state index contributed by atoms with van der Waals surface area (Å²) in [6.45, 7) is 0.414. The number of ether oxygens (including phenoxy) is 2. The first-order chi connectivity index (χ1) is 16.8. The van der Waals surface area contributed by atoms with E-state index in [4.69, 9.17) is 9.47 Å². The van der Waals surface area contributed by atoms with Gasteiger partial charge in [-0.2, -0.15) is 0 Å². The van der Waals surface area contributed by atoms with Crippen molar-refractivity contribution in [2.45, 2.75) is 19.4 Å². The van der Waals surface area contributed by atoms with Crippen LogP contribution in [0.15, 0.2) is 58.4 Å². The number of nitrogens with one attached hydrogen (secondary N) is 1. The zero-order valence-electron chi connectivity index (χ0n) is 20.1. The molecule has 35 heavy (non-hydrogen) atoms. The molecule has 0 saturated heterocycles. The van der Waals surface area contributed by atoms with Crippen LogP contribution in [-0.2, 0) is 25.4 Å². The number of methoxy groups -OCH3 is 2. The fraction of sp³-hybridized carbons (Fsp3) is 0.280. The van der Waals surface area contributed by atoms with Crippen LogP contribution in [0.4, 0.5) is 5.69 Å². The Balaban J connectivity index is 1.45. The molecule has 0 fully saturated rings. The topological polar surface area (TPSA) is 109 Å². The Morgan fingerprint density at radius 1 is 1.00 bits per heavy atom. The highest BCUT2D eigenvalue weighted by Crippen LogP contribution is 2.33. The van der Waals surface area contributed by atoms with Crippen LogP contribution in [-0.4, -0.2) is 38.8 Å². The zero-order valence-corrected chi connectivity index (χ0v) is 20.1. The molecular weight excluding hydrogens is 450 g/mol. The standard InChI is InChI=1S/C25H27N5O5/c1-28-23-22(24(32)29(2)25(28)33)30(15-26-23)13-5-6-21(31)27-17-9-12-20(35-4)19(14-17)16-7-10-18(34-3)11-8-16/h7-12,14-15H,5-6,13H2,1-4H3,(H,27,31). The number of rotatable bonds is 8. The van der Waals surface area contributed by atoms with Crippen molar-refractivity contribution in [2.24, 2.45) is 14.1 Å². The lowest BCUT2D eigenvalue weighted by Crippen LogP contribution is -2.37. The molecule has 182 valence electrons. The minimum atomic E-state index is -0.430. The molecule has 4 aromatic rings. The predicted molar refractivity (Wildman–Crippen MR) is 133 cm³/mol. The molecule has 0 aliphatic rings. The molecule has 0 bridgehead atoms. The van der Waals surface area contributed by atoms with Gasteiger partial charge in [-0.3, -0.25) is 18.7 Å². The van der Waals surface area contributed by atoms with Gasteiger partial charge < -0.3 is 19.4 Å². The van der Waals surface area contributed by atoms with Crippen LogP contribution in [0.2, 0.25) is 0 Å². The molecule has 2 aromatic carbocycles. The number of hydrogen-bond donors (Lipinski definition) is 1. The normalized spacial score (nSPS) is 11.0. The van der Waals surface area contributed by atoms with Crippen LogP contribution in [0.25, 0.3) is 22.3 Å². The summed E-state index contributed by atoms with van der Waals surface area (Å²) in [4.78, 5) is 41.5. The Morgan fingerprint density at radius 3 is 2.43 bits per heavy atom. The number of benzene rings is 2. The smallest absolute Gasteiger partial charge is 0.332 e. The van der Waals surface area contributed by atoms with Crippen molar-refractivity contribution in [3.05, 3.63) is 69.6 Å². The average molecular weight is 478 g/mol. The fourth-order valence-electron chi connectivity index (χ4n) is 3.98. The Kier molecular flexibility index (Phi) is 6.72. The average Bonchev–Trinajstić information content (AvgIpc) is 3.30. The van der Waals surface area contributed by atoms with E-state index in [1.54, 1.807) is 31.9 Å². The molecule has 0 spiro atoms. The van der Waals surface area contributed by atoms with Crippen molar-refractivity contribution >= 4 is 22.8 Å². The molecule has 0 aliphatic carbocycles. The molecule has 1 amide bonds. The Labute approximate surface area is 201 Å². The number of carbonyl (C=O) groups is 1. The van der Waals surface area contributed by atoms with Crippen LogP contribution in [0.1, 0.15) is 12.8 Å². The monoisotopic (exact) mass is 477 g/mol. The fourth-order valence-corrected chi connectivity index (χ4v) is 3.98. The van der Waals surface area contributed by atoms with Gasteiger partial charge in [0.05, 0.1) is 20.5 Å². The SMILES string of the molecule is COc1ccc(-c2cc(NC(=O)CCCn3cnc4c3c(=O)n(C)c(=O)n4C)ccc2OC)cc1. The number of anilines is 1. The zero-order chi connectivity index (χ0) is 25.1. The van der Waals surface area contributed by atoms with E-state index in [1.807, 2.05) is 36.4 Å². The van der Waals surface area contributed by atoms with Crippen molar-refractivity contribution < 1.29 is 14.3 Å². The minimum absolute atomic E-state index is 0.152. The molecular formula is C25H27N5O5. The Morgan fingerprint density at radius 2 is 1.74 bits per heavy atom. The van der Waals surface area contributed by atoms with Crippen LogP contribution in [0, 0.1) is 0 Å². The van der Waals surface area contributed by atoms with E-state index >= 15 is 0 Å². The van der Waals surface area contributed by atoms with Gasteiger partial charge in [-0.1, -0.05) is 12.1 Å². The summed E-state index contributed by atoms with van der Waals surface area (Å²) in [6, 6.07) is 13.1. The first kappa shape index (κ1) is 23.8.